The van der Waals surface area contributed by atoms with Crippen molar-refractivity contribution in [3.05, 3.63) is 107 Å². The lowest BCUT2D eigenvalue weighted by molar-refractivity contribution is 0.103. The number of carbonyl (C=O) groups is 1. The predicted molar refractivity (Wildman–Crippen MR) is 116 cm³/mol. The number of halogens is 1. The van der Waals surface area contributed by atoms with E-state index < -0.39 is 17.2 Å². The number of hydrogen-bond donors (Lipinski definition) is 1. The van der Waals surface area contributed by atoms with Gasteiger partial charge in [0, 0.05) is 22.5 Å². The van der Waals surface area contributed by atoms with Gasteiger partial charge in [-0.05, 0) is 37.3 Å². The van der Waals surface area contributed by atoms with Crippen LogP contribution in [0.3, 0.4) is 0 Å². The number of ketones is 1. The highest BCUT2D eigenvalue weighted by Gasteiger charge is 2.20. The second kappa shape index (κ2) is 11.1. The normalized spacial score (nSPS) is 16.8. The molecule has 0 radical (unpaired) electrons. The third-order valence-electron chi connectivity index (χ3n) is 3.96. The van der Waals surface area contributed by atoms with Gasteiger partial charge in [-0.1, -0.05) is 49.1 Å². The van der Waals surface area contributed by atoms with Crippen LogP contribution in [0.4, 0.5) is 4.39 Å². The number of ether oxygens (including phenoxy) is 1. The van der Waals surface area contributed by atoms with Gasteiger partial charge in [0.15, 0.2) is 5.78 Å². The summed E-state index contributed by atoms with van der Waals surface area (Å²) in [5.41, 5.74) is 0.741. The third kappa shape index (κ3) is 6.54. The zero-order valence-corrected chi connectivity index (χ0v) is 17.2. The summed E-state index contributed by atoms with van der Waals surface area (Å²) in [5, 5.41) is 0. The lowest BCUT2D eigenvalue weighted by Gasteiger charge is -2.15. The Kier molecular flexibility index (Phi) is 8.55. The van der Waals surface area contributed by atoms with Crippen LogP contribution in [-0.4, -0.2) is 23.3 Å². The fraction of sp³-hybridized carbons (Fsp3) is 0.174. The fourth-order valence-corrected chi connectivity index (χ4v) is 3.54. The Morgan fingerprint density at radius 2 is 2.03 bits per heavy atom. The molecule has 6 heteroatoms. The van der Waals surface area contributed by atoms with Crippen molar-refractivity contribution in [2.75, 3.05) is 7.11 Å². The van der Waals surface area contributed by atoms with E-state index >= 15 is 0 Å². The number of nitrogens with one attached hydrogen (secondary N) is 1. The number of carbonyl (C=O) groups excluding carboxylic acids is 1. The van der Waals surface area contributed by atoms with Crippen LogP contribution < -0.4 is 4.72 Å². The highest BCUT2D eigenvalue weighted by molar-refractivity contribution is 7.87. The summed E-state index contributed by atoms with van der Waals surface area (Å²) in [7, 11) is -0.0911. The monoisotopic (exact) mass is 413 g/mol. The molecule has 1 aliphatic carbocycles. The fourth-order valence-electron chi connectivity index (χ4n) is 2.59. The number of hydrogen-bond acceptors (Lipinski definition) is 3. The van der Waals surface area contributed by atoms with Gasteiger partial charge < -0.3 is 9.46 Å². The van der Waals surface area contributed by atoms with Crippen LogP contribution in [0, 0.1) is 0 Å². The molecule has 0 aliphatic heterocycles. The number of allylic oxidation sites excluding steroid dienone is 9. The van der Waals surface area contributed by atoms with E-state index in [9.17, 15) is 13.4 Å². The van der Waals surface area contributed by atoms with Crippen molar-refractivity contribution in [3.63, 3.8) is 0 Å². The van der Waals surface area contributed by atoms with Crippen molar-refractivity contribution < 1.29 is 18.1 Å². The molecule has 1 aromatic carbocycles. The Labute approximate surface area is 173 Å². The van der Waals surface area contributed by atoms with E-state index in [1.165, 1.54) is 25.2 Å². The standard InChI is InChI=1S/C23H24FNO3S/c1-4-9-22(25-29(27)20-13-8-12-19(28-3)14-15-20)21(16-17(2)24)23(26)18-10-6-5-7-11-18/h4-12,14-17,25H,1,13H2,2-3H3/b21-16+,22-9+. The first kappa shape index (κ1) is 22.3. The molecule has 4 nitrogen and oxygen atoms in total. The Bertz CT molecular complexity index is 925. The molecule has 152 valence electrons. The Morgan fingerprint density at radius 3 is 2.66 bits per heavy atom. The first-order valence-corrected chi connectivity index (χ1v) is 10.2. The van der Waals surface area contributed by atoms with Gasteiger partial charge >= 0.3 is 0 Å². The number of benzene rings is 1. The van der Waals surface area contributed by atoms with E-state index in [2.05, 4.69) is 11.3 Å². The number of methoxy groups -OCH3 is 1. The van der Waals surface area contributed by atoms with Gasteiger partial charge in [0.2, 0.25) is 0 Å². The number of Topliss-reactive ketones (excluding diaryl/α,β-unsaturated/α-hetero) is 1. The minimum absolute atomic E-state index is 0.0948. The lowest BCUT2D eigenvalue weighted by Crippen LogP contribution is -2.23. The van der Waals surface area contributed by atoms with Crippen molar-refractivity contribution in [2.45, 2.75) is 19.5 Å². The topological polar surface area (TPSA) is 55.4 Å². The second-order valence-corrected chi connectivity index (χ2v) is 7.42. The molecule has 0 spiro atoms. The van der Waals surface area contributed by atoms with Gasteiger partial charge in [0.05, 0.1) is 12.8 Å². The zero-order valence-electron chi connectivity index (χ0n) is 16.4. The average molecular weight is 414 g/mol. The molecule has 1 N–H and O–H groups in total. The SMILES string of the molecule is C=C/C=C(NS(=O)C1=CC=C(OC)C=CC1)\C(=C/C(C)F)C(=O)c1ccccc1. The minimum atomic E-state index is -1.65. The van der Waals surface area contributed by atoms with Gasteiger partial charge in [-0.15, -0.1) is 0 Å². The maximum absolute atomic E-state index is 13.8. The second-order valence-electron chi connectivity index (χ2n) is 6.15. The van der Waals surface area contributed by atoms with Crippen molar-refractivity contribution in [2.24, 2.45) is 0 Å². The van der Waals surface area contributed by atoms with Crippen molar-refractivity contribution >= 4 is 16.8 Å². The molecule has 2 unspecified atom stereocenters. The zero-order chi connectivity index (χ0) is 21.2. The van der Waals surface area contributed by atoms with E-state index in [0.717, 1.165) is 0 Å². The molecule has 1 aliphatic rings. The van der Waals surface area contributed by atoms with Gasteiger partial charge in [0.25, 0.3) is 0 Å². The molecular formula is C23H24FNO3S. The van der Waals surface area contributed by atoms with E-state index in [0.29, 0.717) is 22.6 Å². The minimum Gasteiger partial charge on any atom is -0.497 e. The van der Waals surface area contributed by atoms with Crippen LogP contribution in [0.2, 0.25) is 0 Å². The van der Waals surface area contributed by atoms with Crippen LogP contribution in [0.5, 0.6) is 0 Å². The molecule has 0 amide bonds. The Balaban J connectivity index is 2.35. The molecule has 0 bridgehead atoms. The largest absolute Gasteiger partial charge is 0.497 e. The molecule has 0 saturated heterocycles. The van der Waals surface area contributed by atoms with Crippen molar-refractivity contribution in [1.82, 2.24) is 4.72 Å². The summed E-state index contributed by atoms with van der Waals surface area (Å²) < 4.78 is 34.7. The molecule has 2 atom stereocenters. The van der Waals surface area contributed by atoms with Crippen molar-refractivity contribution in [1.29, 1.82) is 0 Å². The number of rotatable bonds is 9. The van der Waals surface area contributed by atoms with E-state index in [-0.39, 0.29) is 17.1 Å². The number of alkyl halides is 1. The predicted octanol–water partition coefficient (Wildman–Crippen LogP) is 4.85. The molecule has 29 heavy (non-hydrogen) atoms. The van der Waals surface area contributed by atoms with Crippen molar-refractivity contribution in [3.8, 4) is 0 Å². The average Bonchev–Trinajstić information content (AvgIpc) is 2.97. The van der Waals surface area contributed by atoms with Gasteiger partial charge in [-0.2, -0.15) is 0 Å². The molecule has 1 aromatic rings. The van der Waals surface area contributed by atoms with Crippen LogP contribution >= 0.6 is 0 Å². The summed E-state index contributed by atoms with van der Waals surface area (Å²) in [6.07, 6.45) is 10.3. The van der Waals surface area contributed by atoms with E-state index in [1.54, 1.807) is 55.7 Å². The molecular weight excluding hydrogens is 389 g/mol. The quantitative estimate of drug-likeness (QED) is 0.358. The van der Waals surface area contributed by atoms with E-state index in [4.69, 9.17) is 4.74 Å². The summed E-state index contributed by atoms with van der Waals surface area (Å²) in [5.74, 6) is 0.272. The summed E-state index contributed by atoms with van der Waals surface area (Å²) in [6, 6.07) is 8.55. The van der Waals surface area contributed by atoms with E-state index in [1.807, 2.05) is 6.08 Å². The molecule has 0 heterocycles. The van der Waals surface area contributed by atoms with Gasteiger partial charge in [-0.3, -0.25) is 4.79 Å². The first-order valence-electron chi connectivity index (χ1n) is 9.04. The van der Waals surface area contributed by atoms with Crippen LogP contribution in [0.25, 0.3) is 0 Å². The van der Waals surface area contributed by atoms with Crippen LogP contribution in [-0.2, 0) is 15.7 Å². The third-order valence-corrected chi connectivity index (χ3v) is 5.15. The maximum atomic E-state index is 13.8. The van der Waals surface area contributed by atoms with Gasteiger partial charge in [-0.25, -0.2) is 8.60 Å². The highest BCUT2D eigenvalue weighted by Crippen LogP contribution is 2.20. The summed E-state index contributed by atoms with van der Waals surface area (Å²) >= 11 is 0. The van der Waals surface area contributed by atoms with Gasteiger partial charge in [0.1, 0.15) is 22.9 Å². The van der Waals surface area contributed by atoms with Crippen LogP contribution in [0.15, 0.2) is 101 Å². The molecule has 0 saturated carbocycles. The summed E-state index contributed by atoms with van der Waals surface area (Å²) in [6.45, 7) is 4.98. The first-order chi connectivity index (χ1) is 14.0. The van der Waals surface area contributed by atoms with Crippen LogP contribution in [0.1, 0.15) is 23.7 Å². The molecule has 0 fully saturated rings. The smallest absolute Gasteiger partial charge is 0.194 e. The molecule has 2 rings (SSSR count). The summed E-state index contributed by atoms with van der Waals surface area (Å²) in [4.78, 5) is 13.6. The highest BCUT2D eigenvalue weighted by atomic mass is 32.2. The molecule has 0 aromatic heterocycles. The Hall–Kier alpha value is -2.99. The maximum Gasteiger partial charge on any atom is 0.194 e. The lowest BCUT2D eigenvalue weighted by atomic mass is 9.99. The Morgan fingerprint density at radius 1 is 1.31 bits per heavy atom.